The molecule has 2 saturated heterocycles. The van der Waals surface area contributed by atoms with Crippen LogP contribution >= 0.6 is 0 Å². The standard InChI is InChI=1S/C16H18FNO5/c17-12-1-3-13(4-2-12)23-9-14(19)18-7-11-8-22-6-5-16(11,10-18)15(20)21/h1-4,11H,5-10H2,(H,20,21)/t11-,16+/m0/s1. The Bertz CT molecular complexity index is 605. The first-order valence-corrected chi connectivity index (χ1v) is 7.48. The molecule has 2 fully saturated rings. The number of nitrogens with zero attached hydrogens (tertiary/aromatic N) is 1. The minimum absolute atomic E-state index is 0.183. The fourth-order valence-corrected chi connectivity index (χ4v) is 3.26. The molecule has 2 atom stereocenters. The van der Waals surface area contributed by atoms with Gasteiger partial charge in [-0.3, -0.25) is 9.59 Å². The molecule has 7 heteroatoms. The number of carboxylic acid groups (broad SMARTS) is 1. The Hall–Kier alpha value is -2.15. The lowest BCUT2D eigenvalue weighted by molar-refractivity contribution is -0.157. The highest BCUT2D eigenvalue weighted by Gasteiger charge is 2.54. The van der Waals surface area contributed by atoms with E-state index in [1.165, 1.54) is 29.2 Å². The number of benzene rings is 1. The minimum atomic E-state index is -0.913. The van der Waals surface area contributed by atoms with Crippen LogP contribution in [-0.2, 0) is 14.3 Å². The maximum atomic E-state index is 12.8. The molecule has 0 aliphatic carbocycles. The van der Waals surface area contributed by atoms with Crippen molar-refractivity contribution in [3.8, 4) is 5.75 Å². The SMILES string of the molecule is O=C(COc1ccc(F)cc1)N1C[C@H]2COCC[C@@]2(C(=O)O)C1. The van der Waals surface area contributed by atoms with Gasteiger partial charge in [0.15, 0.2) is 6.61 Å². The van der Waals surface area contributed by atoms with Gasteiger partial charge in [-0.15, -0.1) is 0 Å². The lowest BCUT2D eigenvalue weighted by atomic mass is 9.74. The van der Waals surface area contributed by atoms with Gasteiger partial charge in [-0.2, -0.15) is 0 Å². The van der Waals surface area contributed by atoms with Crippen LogP contribution in [0.1, 0.15) is 6.42 Å². The van der Waals surface area contributed by atoms with Gasteiger partial charge in [-0.05, 0) is 30.7 Å². The lowest BCUT2D eigenvalue weighted by Gasteiger charge is -2.33. The van der Waals surface area contributed by atoms with Gasteiger partial charge in [-0.1, -0.05) is 0 Å². The molecule has 23 heavy (non-hydrogen) atoms. The molecule has 1 amide bonds. The van der Waals surface area contributed by atoms with Crippen molar-refractivity contribution in [2.45, 2.75) is 6.42 Å². The largest absolute Gasteiger partial charge is 0.484 e. The third-order valence-electron chi connectivity index (χ3n) is 4.66. The van der Waals surface area contributed by atoms with E-state index in [1.807, 2.05) is 0 Å². The van der Waals surface area contributed by atoms with E-state index in [4.69, 9.17) is 9.47 Å². The van der Waals surface area contributed by atoms with E-state index in [1.54, 1.807) is 0 Å². The summed E-state index contributed by atoms with van der Waals surface area (Å²) >= 11 is 0. The number of carboxylic acids is 1. The van der Waals surface area contributed by atoms with Gasteiger partial charge in [0.05, 0.1) is 12.0 Å². The Morgan fingerprint density at radius 3 is 2.78 bits per heavy atom. The van der Waals surface area contributed by atoms with Crippen LogP contribution in [-0.4, -0.2) is 54.8 Å². The molecule has 1 aromatic carbocycles. The Kier molecular flexibility index (Phi) is 4.21. The predicted molar refractivity (Wildman–Crippen MR) is 77.5 cm³/mol. The van der Waals surface area contributed by atoms with Crippen molar-refractivity contribution in [2.24, 2.45) is 11.3 Å². The molecule has 2 aliphatic heterocycles. The summed E-state index contributed by atoms with van der Waals surface area (Å²) in [6, 6.07) is 5.39. The summed E-state index contributed by atoms with van der Waals surface area (Å²) < 4.78 is 23.5. The average Bonchev–Trinajstić information content (AvgIpc) is 2.95. The van der Waals surface area contributed by atoms with Gasteiger partial charge in [0.25, 0.3) is 5.91 Å². The Morgan fingerprint density at radius 1 is 1.39 bits per heavy atom. The maximum absolute atomic E-state index is 12.8. The normalized spacial score (nSPS) is 26.7. The molecule has 0 aromatic heterocycles. The van der Waals surface area contributed by atoms with Gasteiger partial charge in [0.2, 0.25) is 0 Å². The third kappa shape index (κ3) is 3.01. The quantitative estimate of drug-likeness (QED) is 0.900. The summed E-state index contributed by atoms with van der Waals surface area (Å²) in [6.45, 7) is 1.10. The van der Waals surface area contributed by atoms with Crippen LogP contribution < -0.4 is 4.74 Å². The van der Waals surface area contributed by atoms with Gasteiger partial charge in [-0.25, -0.2) is 4.39 Å². The number of amides is 1. The summed E-state index contributed by atoms with van der Waals surface area (Å²) in [5.74, 6) is -1.32. The molecule has 0 spiro atoms. The number of carbonyl (C=O) groups is 2. The molecule has 1 N–H and O–H groups in total. The van der Waals surface area contributed by atoms with Crippen molar-refractivity contribution in [3.05, 3.63) is 30.1 Å². The van der Waals surface area contributed by atoms with Crippen LogP contribution in [0.2, 0.25) is 0 Å². The second kappa shape index (κ2) is 6.16. The minimum Gasteiger partial charge on any atom is -0.484 e. The van der Waals surface area contributed by atoms with E-state index in [0.29, 0.717) is 31.9 Å². The number of rotatable bonds is 4. The summed E-state index contributed by atoms with van der Waals surface area (Å²) in [5.41, 5.74) is -0.913. The first-order valence-electron chi connectivity index (χ1n) is 7.48. The Balaban J connectivity index is 1.62. The van der Waals surface area contributed by atoms with Crippen LogP contribution in [0, 0.1) is 17.2 Å². The van der Waals surface area contributed by atoms with Crippen LogP contribution in [0.4, 0.5) is 4.39 Å². The zero-order chi connectivity index (χ0) is 16.4. The number of fused-ring (bicyclic) bond motifs is 1. The van der Waals surface area contributed by atoms with E-state index in [2.05, 4.69) is 0 Å². The highest BCUT2D eigenvalue weighted by molar-refractivity contribution is 5.82. The van der Waals surface area contributed by atoms with Crippen molar-refractivity contribution in [1.82, 2.24) is 4.90 Å². The lowest BCUT2D eigenvalue weighted by Crippen LogP contribution is -2.45. The van der Waals surface area contributed by atoms with Gasteiger partial charge in [0, 0.05) is 25.6 Å². The monoisotopic (exact) mass is 323 g/mol. The number of hydrogen-bond acceptors (Lipinski definition) is 4. The summed E-state index contributed by atoms with van der Waals surface area (Å²) in [6.07, 6.45) is 0.412. The second-order valence-electron chi connectivity index (χ2n) is 6.00. The molecule has 1 aromatic rings. The first-order chi connectivity index (χ1) is 11.0. The molecule has 3 rings (SSSR count). The predicted octanol–water partition coefficient (Wildman–Crippen LogP) is 1.15. The Morgan fingerprint density at radius 2 is 2.13 bits per heavy atom. The van der Waals surface area contributed by atoms with Crippen molar-refractivity contribution in [3.63, 3.8) is 0 Å². The van der Waals surface area contributed by atoms with Crippen molar-refractivity contribution in [2.75, 3.05) is 32.9 Å². The smallest absolute Gasteiger partial charge is 0.311 e. The van der Waals surface area contributed by atoms with Gasteiger partial charge >= 0.3 is 5.97 Å². The highest BCUT2D eigenvalue weighted by Crippen LogP contribution is 2.42. The van der Waals surface area contributed by atoms with E-state index >= 15 is 0 Å². The number of likely N-dealkylation sites (tertiary alicyclic amines) is 1. The molecule has 124 valence electrons. The van der Waals surface area contributed by atoms with E-state index in [9.17, 15) is 19.1 Å². The maximum Gasteiger partial charge on any atom is 0.311 e. The molecule has 0 radical (unpaired) electrons. The fourth-order valence-electron chi connectivity index (χ4n) is 3.26. The fraction of sp³-hybridized carbons (Fsp3) is 0.500. The molecular formula is C16H18FNO5. The molecule has 2 heterocycles. The number of ether oxygens (including phenoxy) is 2. The van der Waals surface area contributed by atoms with E-state index < -0.39 is 11.4 Å². The van der Waals surface area contributed by atoms with Crippen LogP contribution in [0.15, 0.2) is 24.3 Å². The topological polar surface area (TPSA) is 76.1 Å². The molecular weight excluding hydrogens is 305 g/mol. The number of hydrogen-bond donors (Lipinski definition) is 1. The van der Waals surface area contributed by atoms with E-state index in [0.717, 1.165) is 0 Å². The first kappa shape index (κ1) is 15.7. The number of carbonyl (C=O) groups excluding carboxylic acids is 1. The summed E-state index contributed by atoms with van der Waals surface area (Å²) in [4.78, 5) is 25.5. The van der Waals surface area contributed by atoms with E-state index in [-0.39, 0.29) is 30.8 Å². The number of halogens is 1. The van der Waals surface area contributed by atoms with Crippen LogP contribution in [0.25, 0.3) is 0 Å². The number of aliphatic carboxylic acids is 1. The molecule has 2 aliphatic rings. The van der Waals surface area contributed by atoms with Crippen molar-refractivity contribution >= 4 is 11.9 Å². The van der Waals surface area contributed by atoms with Crippen molar-refractivity contribution < 1.29 is 28.6 Å². The second-order valence-corrected chi connectivity index (χ2v) is 6.00. The molecule has 0 bridgehead atoms. The Labute approximate surface area is 132 Å². The van der Waals surface area contributed by atoms with Crippen LogP contribution in [0.3, 0.4) is 0 Å². The molecule has 0 saturated carbocycles. The zero-order valence-electron chi connectivity index (χ0n) is 12.5. The van der Waals surface area contributed by atoms with Crippen LogP contribution in [0.5, 0.6) is 5.75 Å². The third-order valence-corrected chi connectivity index (χ3v) is 4.66. The highest BCUT2D eigenvalue weighted by atomic mass is 19.1. The molecule has 0 unspecified atom stereocenters. The molecule has 6 nitrogen and oxygen atoms in total. The average molecular weight is 323 g/mol. The summed E-state index contributed by atoms with van der Waals surface area (Å²) in [7, 11) is 0. The zero-order valence-corrected chi connectivity index (χ0v) is 12.5. The van der Waals surface area contributed by atoms with Gasteiger partial charge in [0.1, 0.15) is 11.6 Å². The van der Waals surface area contributed by atoms with Gasteiger partial charge < -0.3 is 19.5 Å². The summed E-state index contributed by atoms with van der Waals surface area (Å²) in [5, 5.41) is 9.57. The van der Waals surface area contributed by atoms with Crippen molar-refractivity contribution in [1.29, 1.82) is 0 Å².